The van der Waals surface area contributed by atoms with Gasteiger partial charge in [-0.15, -0.1) is 0 Å². The monoisotopic (exact) mass is 275 g/mol. The summed E-state index contributed by atoms with van der Waals surface area (Å²) in [5, 5.41) is 9.67. The third kappa shape index (κ3) is 2.42. The zero-order chi connectivity index (χ0) is 14.7. The molecule has 0 aromatic heterocycles. The van der Waals surface area contributed by atoms with E-state index in [1.807, 2.05) is 0 Å². The summed E-state index contributed by atoms with van der Waals surface area (Å²) in [5.74, 6) is -1.32. The Morgan fingerprint density at radius 2 is 1.90 bits per heavy atom. The number of halogens is 1. The predicted molar refractivity (Wildman–Crippen MR) is 73.8 cm³/mol. The van der Waals surface area contributed by atoms with E-state index in [1.54, 1.807) is 24.3 Å². The van der Waals surface area contributed by atoms with Crippen molar-refractivity contribution < 1.29 is 19.0 Å². The Morgan fingerprint density at radius 1 is 1.20 bits per heavy atom. The highest BCUT2D eigenvalue weighted by Gasteiger charge is 2.22. The predicted octanol–water partition coefficient (Wildman–Crippen LogP) is 2.82. The second-order valence-electron chi connectivity index (χ2n) is 4.17. The lowest BCUT2D eigenvalue weighted by molar-refractivity contribution is 0.0985. The van der Waals surface area contributed by atoms with Gasteiger partial charge in [0.1, 0.15) is 22.9 Å². The van der Waals surface area contributed by atoms with Gasteiger partial charge in [-0.3, -0.25) is 4.79 Å². The maximum absolute atomic E-state index is 13.7. The number of amides is 1. The number of carbonyl (C=O) groups is 1. The van der Waals surface area contributed by atoms with Gasteiger partial charge in [-0.2, -0.15) is 0 Å². The van der Waals surface area contributed by atoms with Crippen molar-refractivity contribution in [1.29, 1.82) is 0 Å². The second-order valence-corrected chi connectivity index (χ2v) is 4.17. The van der Waals surface area contributed by atoms with Gasteiger partial charge in [-0.05, 0) is 24.3 Å². The SMILES string of the molecule is COc1ccccc1N(C)C(=O)c1c(O)cccc1F. The normalized spacial score (nSPS) is 10.2. The van der Waals surface area contributed by atoms with Gasteiger partial charge in [0.2, 0.25) is 0 Å². The molecule has 0 saturated heterocycles. The third-order valence-corrected chi connectivity index (χ3v) is 2.96. The van der Waals surface area contributed by atoms with Crippen molar-refractivity contribution in [3.05, 3.63) is 53.8 Å². The van der Waals surface area contributed by atoms with Gasteiger partial charge >= 0.3 is 0 Å². The molecular weight excluding hydrogens is 261 g/mol. The largest absolute Gasteiger partial charge is 0.507 e. The minimum absolute atomic E-state index is 0.360. The highest BCUT2D eigenvalue weighted by Crippen LogP contribution is 2.30. The van der Waals surface area contributed by atoms with Crippen LogP contribution in [0.3, 0.4) is 0 Å². The number of carbonyl (C=O) groups excluding carboxylic acids is 1. The van der Waals surface area contributed by atoms with Gasteiger partial charge in [0.05, 0.1) is 12.8 Å². The van der Waals surface area contributed by atoms with Gasteiger partial charge in [0.15, 0.2) is 0 Å². The number of phenolic OH excluding ortho intramolecular Hbond substituents is 1. The number of nitrogens with zero attached hydrogens (tertiary/aromatic N) is 1. The Morgan fingerprint density at radius 3 is 2.55 bits per heavy atom. The molecule has 4 nitrogen and oxygen atoms in total. The average Bonchev–Trinajstić information content (AvgIpc) is 2.46. The molecule has 1 N–H and O–H groups in total. The summed E-state index contributed by atoms with van der Waals surface area (Å²) >= 11 is 0. The first-order valence-electron chi connectivity index (χ1n) is 5.94. The molecule has 0 spiro atoms. The number of ether oxygens (including phenoxy) is 1. The van der Waals surface area contributed by atoms with Crippen molar-refractivity contribution in [2.24, 2.45) is 0 Å². The van der Waals surface area contributed by atoms with Crippen LogP contribution < -0.4 is 9.64 Å². The molecule has 0 aliphatic carbocycles. The van der Waals surface area contributed by atoms with Crippen LogP contribution in [0.25, 0.3) is 0 Å². The Kier molecular flexibility index (Phi) is 3.89. The number of anilines is 1. The molecule has 2 aromatic carbocycles. The molecule has 0 radical (unpaired) electrons. The van der Waals surface area contributed by atoms with Crippen LogP contribution >= 0.6 is 0 Å². The molecule has 2 aromatic rings. The van der Waals surface area contributed by atoms with Crippen molar-refractivity contribution in [2.75, 3.05) is 19.1 Å². The van der Waals surface area contributed by atoms with E-state index in [-0.39, 0.29) is 5.56 Å². The lowest BCUT2D eigenvalue weighted by Gasteiger charge is -2.20. The maximum Gasteiger partial charge on any atom is 0.264 e. The van der Waals surface area contributed by atoms with E-state index >= 15 is 0 Å². The summed E-state index contributed by atoms with van der Waals surface area (Å²) < 4.78 is 18.9. The van der Waals surface area contributed by atoms with Crippen LogP contribution in [-0.4, -0.2) is 25.2 Å². The Balaban J connectivity index is 2.43. The van der Waals surface area contributed by atoms with E-state index < -0.39 is 17.5 Å². The Labute approximate surface area is 116 Å². The summed E-state index contributed by atoms with van der Waals surface area (Å²) in [4.78, 5) is 13.6. The molecule has 0 aliphatic rings. The van der Waals surface area contributed by atoms with Gasteiger partial charge in [-0.25, -0.2) is 4.39 Å². The summed E-state index contributed by atoms with van der Waals surface area (Å²) in [6.07, 6.45) is 0. The van der Waals surface area contributed by atoms with Gasteiger partial charge in [-0.1, -0.05) is 18.2 Å². The van der Waals surface area contributed by atoms with Gasteiger partial charge in [0, 0.05) is 7.05 Å². The number of hydrogen-bond acceptors (Lipinski definition) is 3. The number of benzene rings is 2. The average molecular weight is 275 g/mol. The highest BCUT2D eigenvalue weighted by molar-refractivity contribution is 6.08. The Hall–Kier alpha value is -2.56. The molecule has 104 valence electrons. The molecule has 0 atom stereocenters. The lowest BCUT2D eigenvalue weighted by Crippen LogP contribution is -2.27. The Bertz CT molecular complexity index is 623. The number of rotatable bonds is 3. The van der Waals surface area contributed by atoms with Crippen LogP contribution in [0.4, 0.5) is 10.1 Å². The van der Waals surface area contributed by atoms with Crippen LogP contribution in [-0.2, 0) is 0 Å². The molecular formula is C15H14FNO3. The van der Waals surface area contributed by atoms with Gasteiger partial charge in [0.25, 0.3) is 5.91 Å². The standard InChI is InChI=1S/C15H14FNO3/c1-17(11-7-3-4-9-13(11)20-2)15(19)14-10(16)6-5-8-12(14)18/h3-9,18H,1-2H3. The van der Waals surface area contributed by atoms with Crippen molar-refractivity contribution in [3.63, 3.8) is 0 Å². The number of methoxy groups -OCH3 is 1. The van der Waals surface area contributed by atoms with Crippen LogP contribution in [0.15, 0.2) is 42.5 Å². The molecule has 1 amide bonds. The van der Waals surface area contributed by atoms with Crippen molar-refractivity contribution in [1.82, 2.24) is 0 Å². The van der Waals surface area contributed by atoms with Crippen molar-refractivity contribution in [3.8, 4) is 11.5 Å². The molecule has 0 unspecified atom stereocenters. The minimum Gasteiger partial charge on any atom is -0.507 e. The summed E-state index contributed by atoms with van der Waals surface area (Å²) in [6.45, 7) is 0. The first kappa shape index (κ1) is 13.9. The molecule has 20 heavy (non-hydrogen) atoms. The molecule has 0 heterocycles. The van der Waals surface area contributed by atoms with E-state index in [4.69, 9.17) is 4.74 Å². The van der Waals surface area contributed by atoms with E-state index in [0.29, 0.717) is 11.4 Å². The van der Waals surface area contributed by atoms with Crippen LogP contribution in [0.5, 0.6) is 11.5 Å². The summed E-state index contributed by atoms with van der Waals surface area (Å²) in [6, 6.07) is 10.6. The number of para-hydroxylation sites is 2. The number of phenols is 1. The fourth-order valence-electron chi connectivity index (χ4n) is 1.91. The van der Waals surface area contributed by atoms with Gasteiger partial charge < -0.3 is 14.7 Å². The molecule has 5 heteroatoms. The quantitative estimate of drug-likeness (QED) is 0.937. The van der Waals surface area contributed by atoms with E-state index in [0.717, 1.165) is 6.07 Å². The van der Waals surface area contributed by atoms with E-state index in [9.17, 15) is 14.3 Å². The fourth-order valence-corrected chi connectivity index (χ4v) is 1.91. The smallest absolute Gasteiger partial charge is 0.264 e. The van der Waals surface area contributed by atoms with E-state index in [1.165, 1.54) is 31.2 Å². The summed E-state index contributed by atoms with van der Waals surface area (Å²) in [5.41, 5.74) is 0.128. The minimum atomic E-state index is -0.767. The van der Waals surface area contributed by atoms with Crippen LogP contribution in [0.2, 0.25) is 0 Å². The van der Waals surface area contributed by atoms with E-state index in [2.05, 4.69) is 0 Å². The fraction of sp³-hybridized carbons (Fsp3) is 0.133. The zero-order valence-corrected chi connectivity index (χ0v) is 11.1. The lowest BCUT2D eigenvalue weighted by atomic mass is 10.1. The molecule has 0 fully saturated rings. The second kappa shape index (κ2) is 5.61. The third-order valence-electron chi connectivity index (χ3n) is 2.96. The van der Waals surface area contributed by atoms with Crippen LogP contribution in [0, 0.1) is 5.82 Å². The summed E-state index contributed by atoms with van der Waals surface area (Å²) in [7, 11) is 2.98. The first-order chi connectivity index (χ1) is 9.56. The molecule has 0 saturated carbocycles. The molecule has 2 rings (SSSR count). The number of aromatic hydroxyl groups is 1. The van der Waals surface area contributed by atoms with Crippen LogP contribution in [0.1, 0.15) is 10.4 Å². The van der Waals surface area contributed by atoms with Crippen molar-refractivity contribution in [2.45, 2.75) is 0 Å². The maximum atomic E-state index is 13.7. The first-order valence-corrected chi connectivity index (χ1v) is 5.94. The molecule has 0 bridgehead atoms. The topological polar surface area (TPSA) is 49.8 Å². The zero-order valence-electron chi connectivity index (χ0n) is 11.1. The number of hydrogen-bond donors (Lipinski definition) is 1. The molecule has 0 aliphatic heterocycles. The highest BCUT2D eigenvalue weighted by atomic mass is 19.1. The van der Waals surface area contributed by atoms with Crippen molar-refractivity contribution >= 4 is 11.6 Å².